The maximum Gasteiger partial charge on any atom is 0.345 e. The predicted octanol–water partition coefficient (Wildman–Crippen LogP) is 1.35. The standard InChI is InChI=1S/C13H13N3O/c1-8-4-2-3-5-9(8)12-10-6-14-7-11(10)15-13(17)16-12/h2-5,14H,6-7H2,1H3,(H,15,16,17). The second kappa shape index (κ2) is 3.82. The summed E-state index contributed by atoms with van der Waals surface area (Å²) in [6.07, 6.45) is 0. The maximum atomic E-state index is 11.5. The number of nitrogens with zero attached hydrogens (tertiary/aromatic N) is 1. The number of benzene rings is 1. The summed E-state index contributed by atoms with van der Waals surface area (Å²) in [5.41, 5.74) is 4.79. The maximum absolute atomic E-state index is 11.5. The van der Waals surface area contributed by atoms with Crippen molar-refractivity contribution in [3.8, 4) is 11.3 Å². The van der Waals surface area contributed by atoms with Crippen molar-refractivity contribution in [1.29, 1.82) is 0 Å². The van der Waals surface area contributed by atoms with Crippen molar-refractivity contribution < 1.29 is 0 Å². The van der Waals surface area contributed by atoms with Crippen LogP contribution < -0.4 is 11.0 Å². The van der Waals surface area contributed by atoms with Crippen LogP contribution >= 0.6 is 0 Å². The van der Waals surface area contributed by atoms with Crippen LogP contribution in [0.2, 0.25) is 0 Å². The van der Waals surface area contributed by atoms with Crippen LogP contribution in [0, 0.1) is 6.92 Å². The van der Waals surface area contributed by atoms with Gasteiger partial charge in [0.25, 0.3) is 0 Å². The molecular weight excluding hydrogens is 214 g/mol. The minimum Gasteiger partial charge on any atom is -0.308 e. The predicted molar refractivity (Wildman–Crippen MR) is 65.6 cm³/mol. The van der Waals surface area contributed by atoms with Crippen LogP contribution in [0.15, 0.2) is 29.1 Å². The fourth-order valence-corrected chi connectivity index (χ4v) is 2.26. The van der Waals surface area contributed by atoms with Gasteiger partial charge in [0.15, 0.2) is 0 Å². The van der Waals surface area contributed by atoms with Crippen LogP contribution in [0.4, 0.5) is 0 Å². The number of hydrogen-bond donors (Lipinski definition) is 2. The lowest BCUT2D eigenvalue weighted by molar-refractivity contribution is 0.757. The van der Waals surface area contributed by atoms with Gasteiger partial charge in [-0.1, -0.05) is 24.3 Å². The van der Waals surface area contributed by atoms with Gasteiger partial charge >= 0.3 is 5.69 Å². The number of nitrogens with one attached hydrogen (secondary N) is 2. The topological polar surface area (TPSA) is 57.8 Å². The zero-order chi connectivity index (χ0) is 11.8. The van der Waals surface area contributed by atoms with E-state index in [2.05, 4.69) is 15.3 Å². The van der Waals surface area contributed by atoms with Crippen LogP contribution in [0.5, 0.6) is 0 Å². The molecule has 0 aliphatic carbocycles. The smallest absolute Gasteiger partial charge is 0.308 e. The summed E-state index contributed by atoms with van der Waals surface area (Å²) in [6, 6.07) is 8.01. The molecule has 1 aliphatic rings. The van der Waals surface area contributed by atoms with E-state index in [1.165, 1.54) is 0 Å². The van der Waals surface area contributed by atoms with Crippen LogP contribution in [0.1, 0.15) is 16.8 Å². The van der Waals surface area contributed by atoms with Crippen LogP contribution in [0.25, 0.3) is 11.3 Å². The quantitative estimate of drug-likeness (QED) is 0.773. The van der Waals surface area contributed by atoms with E-state index in [0.717, 1.165) is 34.6 Å². The fourth-order valence-electron chi connectivity index (χ4n) is 2.26. The normalized spacial score (nSPS) is 13.7. The number of aryl methyl sites for hydroxylation is 1. The van der Waals surface area contributed by atoms with Crippen LogP contribution in [-0.2, 0) is 13.1 Å². The molecule has 1 aliphatic heterocycles. The summed E-state index contributed by atoms with van der Waals surface area (Å²) in [5.74, 6) is 0. The van der Waals surface area contributed by atoms with Crippen molar-refractivity contribution in [2.24, 2.45) is 0 Å². The Hall–Kier alpha value is -1.94. The summed E-state index contributed by atoms with van der Waals surface area (Å²) >= 11 is 0. The Morgan fingerprint density at radius 3 is 2.88 bits per heavy atom. The SMILES string of the molecule is Cc1ccccc1-c1nc(=O)[nH]c2c1CNC2. The molecule has 0 spiro atoms. The van der Waals surface area contributed by atoms with Gasteiger partial charge in [-0.2, -0.15) is 4.98 Å². The van der Waals surface area contributed by atoms with E-state index in [0.29, 0.717) is 6.54 Å². The number of rotatable bonds is 1. The molecule has 0 saturated carbocycles. The van der Waals surface area contributed by atoms with E-state index >= 15 is 0 Å². The molecule has 0 radical (unpaired) electrons. The largest absolute Gasteiger partial charge is 0.345 e. The molecule has 4 nitrogen and oxygen atoms in total. The van der Waals surface area contributed by atoms with Crippen LogP contribution in [0.3, 0.4) is 0 Å². The highest BCUT2D eigenvalue weighted by Gasteiger charge is 2.18. The summed E-state index contributed by atoms with van der Waals surface area (Å²) in [7, 11) is 0. The third kappa shape index (κ3) is 1.66. The molecular formula is C13H13N3O. The first-order chi connectivity index (χ1) is 8.25. The Bertz CT molecular complexity index is 631. The molecule has 1 aromatic carbocycles. The molecule has 0 atom stereocenters. The lowest BCUT2D eigenvalue weighted by Crippen LogP contribution is -2.15. The second-order valence-electron chi connectivity index (χ2n) is 4.27. The molecule has 0 amide bonds. The Labute approximate surface area is 98.7 Å². The Morgan fingerprint density at radius 2 is 2.06 bits per heavy atom. The summed E-state index contributed by atoms with van der Waals surface area (Å²) in [6.45, 7) is 3.52. The highest BCUT2D eigenvalue weighted by molar-refractivity contribution is 5.67. The lowest BCUT2D eigenvalue weighted by Gasteiger charge is -2.08. The number of aromatic amines is 1. The number of fused-ring (bicyclic) bond motifs is 1. The summed E-state index contributed by atoms with van der Waals surface area (Å²) in [5, 5.41) is 3.23. The van der Waals surface area contributed by atoms with E-state index in [9.17, 15) is 4.79 Å². The number of H-pyrrole nitrogens is 1. The van der Waals surface area contributed by atoms with E-state index in [1.807, 2.05) is 31.2 Å². The van der Waals surface area contributed by atoms with Gasteiger partial charge < -0.3 is 10.3 Å². The third-order valence-corrected chi connectivity index (χ3v) is 3.13. The van der Waals surface area contributed by atoms with Gasteiger partial charge in [-0.05, 0) is 12.5 Å². The monoisotopic (exact) mass is 227 g/mol. The molecule has 86 valence electrons. The van der Waals surface area contributed by atoms with Gasteiger partial charge in [-0.15, -0.1) is 0 Å². The van der Waals surface area contributed by atoms with Gasteiger partial charge in [-0.25, -0.2) is 4.79 Å². The Kier molecular flexibility index (Phi) is 2.30. The Morgan fingerprint density at radius 1 is 1.24 bits per heavy atom. The van der Waals surface area contributed by atoms with Gasteiger partial charge in [-0.3, -0.25) is 0 Å². The molecule has 17 heavy (non-hydrogen) atoms. The average molecular weight is 227 g/mol. The van der Waals surface area contributed by atoms with Gasteiger partial charge in [0.2, 0.25) is 0 Å². The first-order valence-corrected chi connectivity index (χ1v) is 5.64. The van der Waals surface area contributed by atoms with Gasteiger partial charge in [0.1, 0.15) is 0 Å². The zero-order valence-electron chi connectivity index (χ0n) is 9.58. The number of hydrogen-bond acceptors (Lipinski definition) is 3. The molecule has 2 aromatic rings. The molecule has 0 bridgehead atoms. The molecule has 3 rings (SSSR count). The van der Waals surface area contributed by atoms with Gasteiger partial charge in [0, 0.05) is 29.9 Å². The molecule has 2 heterocycles. The lowest BCUT2D eigenvalue weighted by atomic mass is 10.0. The van der Waals surface area contributed by atoms with Crippen molar-refractivity contribution in [3.63, 3.8) is 0 Å². The average Bonchev–Trinajstić information content (AvgIpc) is 2.76. The minimum atomic E-state index is -0.272. The molecule has 0 fully saturated rings. The molecule has 2 N–H and O–H groups in total. The van der Waals surface area contributed by atoms with Crippen molar-refractivity contribution >= 4 is 0 Å². The number of aromatic nitrogens is 2. The highest BCUT2D eigenvalue weighted by Crippen LogP contribution is 2.26. The second-order valence-corrected chi connectivity index (χ2v) is 4.27. The first kappa shape index (κ1) is 10.2. The Balaban J connectivity index is 2.29. The van der Waals surface area contributed by atoms with E-state index < -0.39 is 0 Å². The molecule has 1 aromatic heterocycles. The minimum absolute atomic E-state index is 0.272. The molecule has 0 saturated heterocycles. The van der Waals surface area contributed by atoms with E-state index in [1.54, 1.807) is 0 Å². The van der Waals surface area contributed by atoms with Crippen molar-refractivity contribution in [2.45, 2.75) is 20.0 Å². The van der Waals surface area contributed by atoms with Crippen LogP contribution in [-0.4, -0.2) is 9.97 Å². The van der Waals surface area contributed by atoms with Crippen molar-refractivity contribution in [2.75, 3.05) is 0 Å². The van der Waals surface area contributed by atoms with E-state index in [4.69, 9.17) is 0 Å². The third-order valence-electron chi connectivity index (χ3n) is 3.13. The first-order valence-electron chi connectivity index (χ1n) is 5.64. The highest BCUT2D eigenvalue weighted by atomic mass is 16.1. The van der Waals surface area contributed by atoms with Crippen molar-refractivity contribution in [1.82, 2.24) is 15.3 Å². The fraction of sp³-hybridized carbons (Fsp3) is 0.231. The van der Waals surface area contributed by atoms with E-state index in [-0.39, 0.29) is 5.69 Å². The molecule has 4 heteroatoms. The summed E-state index contributed by atoms with van der Waals surface area (Å²) < 4.78 is 0. The zero-order valence-corrected chi connectivity index (χ0v) is 9.58. The van der Waals surface area contributed by atoms with Crippen molar-refractivity contribution in [3.05, 3.63) is 51.6 Å². The summed E-state index contributed by atoms with van der Waals surface area (Å²) in [4.78, 5) is 18.5. The van der Waals surface area contributed by atoms with Gasteiger partial charge in [0.05, 0.1) is 5.69 Å². The molecule has 0 unspecified atom stereocenters.